The van der Waals surface area contributed by atoms with Crippen molar-refractivity contribution in [2.24, 2.45) is 5.92 Å². The number of anilines is 1. The number of halogens is 1. The van der Waals surface area contributed by atoms with Gasteiger partial charge < -0.3 is 15.5 Å². The van der Waals surface area contributed by atoms with Crippen LogP contribution in [0.1, 0.15) is 19.4 Å². The Balaban J connectivity index is 2.65. The van der Waals surface area contributed by atoms with E-state index in [1.807, 2.05) is 18.0 Å². The molecule has 0 heterocycles. The highest BCUT2D eigenvalue weighted by Gasteiger charge is 2.08. The molecule has 0 aliphatic carbocycles. The van der Waals surface area contributed by atoms with Gasteiger partial charge in [0.2, 0.25) is 5.91 Å². The van der Waals surface area contributed by atoms with Crippen molar-refractivity contribution >= 4 is 27.5 Å². The average molecular weight is 342 g/mol. The van der Waals surface area contributed by atoms with E-state index in [-0.39, 0.29) is 5.91 Å². The molecule has 0 atom stereocenters. The molecule has 0 aromatic heterocycles. The summed E-state index contributed by atoms with van der Waals surface area (Å²) in [6.45, 7) is 6.59. The van der Waals surface area contributed by atoms with Crippen LogP contribution in [-0.4, -0.2) is 33.1 Å². The van der Waals surface area contributed by atoms with Crippen LogP contribution in [0.5, 0.6) is 0 Å². The molecule has 1 amide bonds. The Morgan fingerprint density at radius 2 is 2.10 bits per heavy atom. The summed E-state index contributed by atoms with van der Waals surface area (Å²) in [6, 6.07) is 6.18. The van der Waals surface area contributed by atoms with Crippen molar-refractivity contribution in [1.29, 1.82) is 0 Å². The van der Waals surface area contributed by atoms with Crippen LogP contribution in [0, 0.1) is 5.92 Å². The van der Waals surface area contributed by atoms with Crippen LogP contribution in [0.2, 0.25) is 0 Å². The highest BCUT2D eigenvalue weighted by Crippen LogP contribution is 2.23. The first-order valence-electron chi connectivity index (χ1n) is 6.85. The molecular formula is C15H24BrN3O. The summed E-state index contributed by atoms with van der Waals surface area (Å²) < 4.78 is 1.06. The second kappa shape index (κ2) is 8.27. The summed E-state index contributed by atoms with van der Waals surface area (Å²) in [4.78, 5) is 13.3. The molecular weight excluding hydrogens is 318 g/mol. The van der Waals surface area contributed by atoms with E-state index in [0.717, 1.165) is 23.2 Å². The number of hydrogen-bond donors (Lipinski definition) is 2. The molecule has 0 aliphatic heterocycles. The van der Waals surface area contributed by atoms with Gasteiger partial charge in [0.25, 0.3) is 0 Å². The van der Waals surface area contributed by atoms with E-state index in [1.165, 1.54) is 5.56 Å². The second-order valence-electron chi connectivity index (χ2n) is 5.33. The van der Waals surface area contributed by atoms with Gasteiger partial charge in [-0.15, -0.1) is 0 Å². The minimum Gasteiger partial charge on any atom is -0.365 e. The van der Waals surface area contributed by atoms with E-state index in [9.17, 15) is 4.79 Å². The molecule has 5 heteroatoms. The van der Waals surface area contributed by atoms with Crippen LogP contribution in [0.4, 0.5) is 5.69 Å². The van der Waals surface area contributed by atoms with Gasteiger partial charge in [-0.2, -0.15) is 0 Å². The number of carbonyl (C=O) groups is 1. The number of benzene rings is 1. The molecule has 4 nitrogen and oxygen atoms in total. The van der Waals surface area contributed by atoms with Gasteiger partial charge in [0, 0.05) is 30.8 Å². The first-order valence-corrected chi connectivity index (χ1v) is 7.64. The Kier molecular flexibility index (Phi) is 7.02. The average Bonchev–Trinajstić information content (AvgIpc) is 2.39. The third kappa shape index (κ3) is 5.51. The minimum absolute atomic E-state index is 0.00583. The molecule has 2 N–H and O–H groups in total. The molecule has 0 aliphatic rings. The fourth-order valence-corrected chi connectivity index (χ4v) is 2.31. The molecule has 0 saturated carbocycles. The van der Waals surface area contributed by atoms with Crippen LogP contribution >= 0.6 is 15.9 Å². The van der Waals surface area contributed by atoms with Gasteiger partial charge in [-0.1, -0.05) is 35.8 Å². The summed E-state index contributed by atoms with van der Waals surface area (Å²) in [5, 5.41) is 6.05. The fourth-order valence-electron chi connectivity index (χ4n) is 1.80. The SMILES string of the molecule is CNC(=O)CN(C)c1ccc(CNCC(C)C)c(Br)c1. The van der Waals surface area contributed by atoms with Crippen molar-refractivity contribution in [3.05, 3.63) is 28.2 Å². The zero-order valence-corrected chi connectivity index (χ0v) is 14.3. The Morgan fingerprint density at radius 3 is 2.65 bits per heavy atom. The van der Waals surface area contributed by atoms with Crippen molar-refractivity contribution in [1.82, 2.24) is 10.6 Å². The number of nitrogens with zero attached hydrogens (tertiary/aromatic N) is 1. The Morgan fingerprint density at radius 1 is 1.40 bits per heavy atom. The van der Waals surface area contributed by atoms with Gasteiger partial charge in [0.05, 0.1) is 6.54 Å². The number of likely N-dealkylation sites (N-methyl/N-ethyl adjacent to an activating group) is 2. The first kappa shape index (κ1) is 17.0. The lowest BCUT2D eigenvalue weighted by atomic mass is 10.1. The van der Waals surface area contributed by atoms with Gasteiger partial charge >= 0.3 is 0 Å². The van der Waals surface area contributed by atoms with Crippen molar-refractivity contribution in [3.8, 4) is 0 Å². The molecule has 0 saturated heterocycles. The lowest BCUT2D eigenvalue weighted by Gasteiger charge is -2.19. The molecule has 1 aromatic carbocycles. The number of carbonyl (C=O) groups excluding carboxylic acids is 1. The Labute approximate surface area is 130 Å². The maximum Gasteiger partial charge on any atom is 0.239 e. The Hall–Kier alpha value is -1.07. The molecule has 1 aromatic rings. The molecule has 1 rings (SSSR count). The van der Waals surface area contributed by atoms with Gasteiger partial charge in [-0.25, -0.2) is 0 Å². The van der Waals surface area contributed by atoms with Crippen molar-refractivity contribution in [2.75, 3.05) is 32.1 Å². The highest BCUT2D eigenvalue weighted by molar-refractivity contribution is 9.10. The standard InChI is InChI=1S/C15H24BrN3O/c1-11(2)8-18-9-12-5-6-13(7-14(12)16)19(4)10-15(20)17-3/h5-7,11,18H,8-10H2,1-4H3,(H,17,20). The molecule has 0 fully saturated rings. The van der Waals surface area contributed by atoms with Crippen molar-refractivity contribution in [2.45, 2.75) is 20.4 Å². The third-order valence-corrected chi connectivity index (χ3v) is 3.74. The van der Waals surface area contributed by atoms with Gasteiger partial charge in [-0.05, 0) is 30.2 Å². The molecule has 0 radical (unpaired) electrons. The minimum atomic E-state index is 0.00583. The van der Waals surface area contributed by atoms with E-state index in [1.54, 1.807) is 7.05 Å². The monoisotopic (exact) mass is 341 g/mol. The largest absolute Gasteiger partial charge is 0.365 e. The summed E-state index contributed by atoms with van der Waals surface area (Å²) in [5.74, 6) is 0.651. The number of hydrogen-bond acceptors (Lipinski definition) is 3. The second-order valence-corrected chi connectivity index (χ2v) is 6.18. The van der Waals surface area contributed by atoms with Gasteiger partial charge in [0.15, 0.2) is 0 Å². The number of amides is 1. The van der Waals surface area contributed by atoms with Gasteiger partial charge in [-0.3, -0.25) is 4.79 Å². The van der Waals surface area contributed by atoms with E-state index in [2.05, 4.69) is 52.5 Å². The zero-order chi connectivity index (χ0) is 15.1. The summed E-state index contributed by atoms with van der Waals surface area (Å²) in [7, 11) is 3.56. The molecule has 0 unspecified atom stereocenters. The Bertz CT molecular complexity index is 449. The lowest BCUT2D eigenvalue weighted by Crippen LogP contribution is -2.32. The predicted molar refractivity (Wildman–Crippen MR) is 88.0 cm³/mol. The van der Waals surface area contributed by atoms with Crippen molar-refractivity contribution < 1.29 is 4.79 Å². The van der Waals surface area contributed by atoms with Crippen LogP contribution in [0.3, 0.4) is 0 Å². The number of nitrogens with one attached hydrogen (secondary N) is 2. The quantitative estimate of drug-likeness (QED) is 0.800. The molecule has 0 spiro atoms. The predicted octanol–water partition coefficient (Wildman–Crippen LogP) is 2.38. The fraction of sp³-hybridized carbons (Fsp3) is 0.533. The smallest absolute Gasteiger partial charge is 0.239 e. The van der Waals surface area contributed by atoms with Crippen LogP contribution in [0.15, 0.2) is 22.7 Å². The maximum absolute atomic E-state index is 11.4. The van der Waals surface area contributed by atoms with E-state index >= 15 is 0 Å². The van der Waals surface area contributed by atoms with Crippen LogP contribution in [0.25, 0.3) is 0 Å². The normalized spacial score (nSPS) is 10.7. The first-order chi connectivity index (χ1) is 9.43. The maximum atomic E-state index is 11.4. The molecule has 20 heavy (non-hydrogen) atoms. The van der Waals surface area contributed by atoms with E-state index in [0.29, 0.717) is 12.5 Å². The topological polar surface area (TPSA) is 44.4 Å². The van der Waals surface area contributed by atoms with Crippen LogP contribution in [-0.2, 0) is 11.3 Å². The lowest BCUT2D eigenvalue weighted by molar-refractivity contribution is -0.119. The van der Waals surface area contributed by atoms with Crippen molar-refractivity contribution in [3.63, 3.8) is 0 Å². The zero-order valence-electron chi connectivity index (χ0n) is 12.7. The summed E-state index contributed by atoms with van der Waals surface area (Å²) in [6.07, 6.45) is 0. The molecule has 0 bridgehead atoms. The van der Waals surface area contributed by atoms with E-state index < -0.39 is 0 Å². The summed E-state index contributed by atoms with van der Waals surface area (Å²) in [5.41, 5.74) is 2.25. The van der Waals surface area contributed by atoms with E-state index in [4.69, 9.17) is 0 Å². The summed E-state index contributed by atoms with van der Waals surface area (Å²) >= 11 is 3.60. The number of rotatable bonds is 7. The highest BCUT2D eigenvalue weighted by atomic mass is 79.9. The van der Waals surface area contributed by atoms with Crippen LogP contribution < -0.4 is 15.5 Å². The third-order valence-electron chi connectivity index (χ3n) is 3.01. The molecule has 112 valence electrons. The van der Waals surface area contributed by atoms with Gasteiger partial charge in [0.1, 0.15) is 0 Å².